The molecule has 1 saturated heterocycles. The molecule has 22 heavy (non-hydrogen) atoms. The first-order chi connectivity index (χ1) is 10.1. The summed E-state index contributed by atoms with van der Waals surface area (Å²) in [6.45, 7) is 1.50. The quantitative estimate of drug-likeness (QED) is 0.785. The molecule has 1 aliphatic rings. The molecule has 0 aliphatic carbocycles. The van der Waals surface area contributed by atoms with Crippen molar-refractivity contribution in [3.05, 3.63) is 35.4 Å². The van der Waals surface area contributed by atoms with Crippen LogP contribution in [0.5, 0.6) is 0 Å². The van der Waals surface area contributed by atoms with Crippen LogP contribution in [0, 0.1) is 11.6 Å². The summed E-state index contributed by atoms with van der Waals surface area (Å²) in [5.41, 5.74) is -0.179. The molecule has 1 aromatic rings. The van der Waals surface area contributed by atoms with Crippen molar-refractivity contribution in [1.82, 2.24) is 10.6 Å². The molecule has 0 radical (unpaired) electrons. The molecule has 1 fully saturated rings. The highest BCUT2D eigenvalue weighted by atomic mass is 35.5. The van der Waals surface area contributed by atoms with Crippen LogP contribution in [0.3, 0.4) is 0 Å². The third-order valence-corrected chi connectivity index (χ3v) is 3.52. The minimum absolute atomic E-state index is 0. The van der Waals surface area contributed by atoms with E-state index in [9.17, 15) is 18.4 Å². The van der Waals surface area contributed by atoms with Gasteiger partial charge in [-0.25, -0.2) is 8.78 Å². The van der Waals surface area contributed by atoms with Crippen LogP contribution in [-0.4, -0.2) is 30.8 Å². The summed E-state index contributed by atoms with van der Waals surface area (Å²) in [5.74, 6) is -2.36. The Morgan fingerprint density at radius 3 is 2.68 bits per heavy atom. The van der Waals surface area contributed by atoms with Gasteiger partial charge in [0.15, 0.2) is 5.78 Å². The van der Waals surface area contributed by atoms with Gasteiger partial charge in [-0.2, -0.15) is 0 Å². The predicted octanol–water partition coefficient (Wildman–Crippen LogP) is 2.22. The second kappa shape index (κ2) is 8.80. The Labute approximate surface area is 134 Å². The Morgan fingerprint density at radius 2 is 2.05 bits per heavy atom. The normalized spacial score (nSPS) is 16.9. The zero-order valence-corrected chi connectivity index (χ0v) is 12.8. The summed E-state index contributed by atoms with van der Waals surface area (Å²) in [4.78, 5) is 23.4. The maximum atomic E-state index is 13.4. The van der Waals surface area contributed by atoms with E-state index in [2.05, 4.69) is 10.6 Å². The van der Waals surface area contributed by atoms with Crippen LogP contribution >= 0.6 is 12.4 Å². The molecule has 1 atom stereocenters. The van der Waals surface area contributed by atoms with E-state index in [1.165, 1.54) is 0 Å². The van der Waals surface area contributed by atoms with Gasteiger partial charge in [-0.1, -0.05) is 0 Å². The van der Waals surface area contributed by atoms with Crippen LogP contribution < -0.4 is 10.6 Å². The summed E-state index contributed by atoms with van der Waals surface area (Å²) in [6.07, 6.45) is 2.04. The SMILES string of the molecule is Cl.O=C(CCC(=O)c1ccc(F)cc1F)NCC1CCCN1. The number of amides is 1. The second-order valence-corrected chi connectivity index (χ2v) is 5.14. The lowest BCUT2D eigenvalue weighted by molar-refractivity contribution is -0.121. The molecule has 0 aromatic heterocycles. The Morgan fingerprint density at radius 1 is 1.27 bits per heavy atom. The number of ketones is 1. The summed E-state index contributed by atoms with van der Waals surface area (Å²) < 4.78 is 26.2. The Kier molecular flexibility index (Phi) is 7.41. The summed E-state index contributed by atoms with van der Waals surface area (Å²) in [5, 5.41) is 6.00. The van der Waals surface area contributed by atoms with Gasteiger partial charge in [0.25, 0.3) is 0 Å². The molecule has 7 heteroatoms. The molecular weight excluding hydrogens is 314 g/mol. The molecule has 122 valence electrons. The van der Waals surface area contributed by atoms with Crippen LogP contribution in [0.15, 0.2) is 18.2 Å². The van der Waals surface area contributed by atoms with E-state index in [1.54, 1.807) is 0 Å². The molecule has 0 spiro atoms. The van der Waals surface area contributed by atoms with Gasteiger partial charge < -0.3 is 10.6 Å². The van der Waals surface area contributed by atoms with Gasteiger partial charge in [-0.05, 0) is 31.5 Å². The van der Waals surface area contributed by atoms with Crippen molar-refractivity contribution in [1.29, 1.82) is 0 Å². The Hall–Kier alpha value is -1.53. The van der Waals surface area contributed by atoms with Crippen molar-refractivity contribution in [2.75, 3.05) is 13.1 Å². The third-order valence-electron chi connectivity index (χ3n) is 3.52. The summed E-state index contributed by atoms with van der Waals surface area (Å²) in [7, 11) is 0. The number of hydrogen-bond donors (Lipinski definition) is 2. The Balaban J connectivity index is 0.00000242. The van der Waals surface area contributed by atoms with E-state index >= 15 is 0 Å². The largest absolute Gasteiger partial charge is 0.355 e. The molecule has 2 rings (SSSR count). The van der Waals surface area contributed by atoms with Crippen LogP contribution in [0.4, 0.5) is 8.78 Å². The average molecular weight is 333 g/mol. The summed E-state index contributed by atoms with van der Waals surface area (Å²) >= 11 is 0. The number of rotatable bonds is 6. The number of benzene rings is 1. The zero-order valence-electron chi connectivity index (χ0n) is 12.0. The number of halogens is 3. The van der Waals surface area contributed by atoms with Crippen molar-refractivity contribution in [3.8, 4) is 0 Å². The van der Waals surface area contributed by atoms with Gasteiger partial charge in [0.1, 0.15) is 11.6 Å². The van der Waals surface area contributed by atoms with Gasteiger partial charge in [-0.15, -0.1) is 12.4 Å². The molecular formula is C15H19ClF2N2O2. The van der Waals surface area contributed by atoms with Crippen LogP contribution in [0.1, 0.15) is 36.0 Å². The topological polar surface area (TPSA) is 58.2 Å². The fraction of sp³-hybridized carbons (Fsp3) is 0.467. The number of Topliss-reactive ketones (excluding diaryl/α,β-unsaturated/α-hetero) is 1. The van der Waals surface area contributed by atoms with E-state index in [-0.39, 0.29) is 36.7 Å². The highest BCUT2D eigenvalue weighted by Gasteiger charge is 2.16. The first-order valence-electron chi connectivity index (χ1n) is 7.04. The van der Waals surface area contributed by atoms with Crippen molar-refractivity contribution < 1.29 is 18.4 Å². The molecule has 1 unspecified atom stereocenters. The molecule has 1 aromatic carbocycles. The van der Waals surface area contributed by atoms with Gasteiger partial charge in [0.2, 0.25) is 5.91 Å². The highest BCUT2D eigenvalue weighted by Crippen LogP contribution is 2.12. The molecule has 1 amide bonds. The third kappa shape index (κ3) is 5.35. The van der Waals surface area contributed by atoms with Gasteiger partial charge in [-0.3, -0.25) is 9.59 Å². The second-order valence-electron chi connectivity index (χ2n) is 5.14. The minimum Gasteiger partial charge on any atom is -0.355 e. The summed E-state index contributed by atoms with van der Waals surface area (Å²) in [6, 6.07) is 3.09. The number of carbonyl (C=O) groups is 2. The van der Waals surface area contributed by atoms with Crippen molar-refractivity contribution in [2.24, 2.45) is 0 Å². The van der Waals surface area contributed by atoms with Crippen molar-refractivity contribution >= 4 is 24.1 Å². The molecule has 4 nitrogen and oxygen atoms in total. The molecule has 0 bridgehead atoms. The zero-order chi connectivity index (χ0) is 15.2. The minimum atomic E-state index is -0.893. The lowest BCUT2D eigenvalue weighted by atomic mass is 10.1. The van der Waals surface area contributed by atoms with E-state index in [0.29, 0.717) is 18.7 Å². The van der Waals surface area contributed by atoms with E-state index in [4.69, 9.17) is 0 Å². The highest BCUT2D eigenvalue weighted by molar-refractivity contribution is 5.98. The van der Waals surface area contributed by atoms with E-state index in [1.807, 2.05) is 0 Å². The van der Waals surface area contributed by atoms with Gasteiger partial charge in [0, 0.05) is 31.5 Å². The smallest absolute Gasteiger partial charge is 0.220 e. The molecule has 0 saturated carbocycles. The van der Waals surface area contributed by atoms with Gasteiger partial charge >= 0.3 is 0 Å². The Bertz CT molecular complexity index is 534. The van der Waals surface area contributed by atoms with Crippen LogP contribution in [0.25, 0.3) is 0 Å². The first kappa shape index (κ1) is 18.5. The maximum Gasteiger partial charge on any atom is 0.220 e. The van der Waals surface area contributed by atoms with Gasteiger partial charge in [0.05, 0.1) is 5.56 Å². The lowest BCUT2D eigenvalue weighted by Crippen LogP contribution is -2.37. The number of carbonyl (C=O) groups excluding carboxylic acids is 2. The predicted molar refractivity (Wildman–Crippen MR) is 81.2 cm³/mol. The average Bonchev–Trinajstić information content (AvgIpc) is 2.95. The molecule has 1 heterocycles. The van der Waals surface area contributed by atoms with Crippen molar-refractivity contribution in [3.63, 3.8) is 0 Å². The van der Waals surface area contributed by atoms with E-state index < -0.39 is 17.4 Å². The lowest BCUT2D eigenvalue weighted by Gasteiger charge is -2.11. The van der Waals surface area contributed by atoms with Crippen molar-refractivity contribution in [2.45, 2.75) is 31.7 Å². The van der Waals surface area contributed by atoms with E-state index in [0.717, 1.165) is 31.5 Å². The number of hydrogen-bond acceptors (Lipinski definition) is 3. The fourth-order valence-corrected chi connectivity index (χ4v) is 2.33. The molecule has 2 N–H and O–H groups in total. The standard InChI is InChI=1S/C15H18F2N2O2.ClH/c16-10-3-4-12(13(17)8-10)14(20)5-6-15(21)19-9-11-2-1-7-18-11;/h3-4,8,11,18H,1-2,5-7,9H2,(H,19,21);1H. The first-order valence-corrected chi connectivity index (χ1v) is 7.04. The molecule has 1 aliphatic heterocycles. The fourth-order valence-electron chi connectivity index (χ4n) is 2.33. The van der Waals surface area contributed by atoms with Crippen LogP contribution in [0.2, 0.25) is 0 Å². The monoisotopic (exact) mass is 332 g/mol. The van der Waals surface area contributed by atoms with Crippen LogP contribution in [-0.2, 0) is 4.79 Å². The number of nitrogens with one attached hydrogen (secondary N) is 2. The maximum absolute atomic E-state index is 13.4.